The van der Waals surface area contributed by atoms with E-state index in [1.807, 2.05) is 0 Å². The molecule has 0 radical (unpaired) electrons. The lowest BCUT2D eigenvalue weighted by Crippen LogP contribution is -1.81. The normalized spacial score (nSPS) is 10.2. The van der Waals surface area contributed by atoms with Crippen molar-refractivity contribution in [2.75, 3.05) is 7.11 Å². The fraction of sp³-hybridized carbons (Fsp3) is 0.111. The van der Waals surface area contributed by atoms with Crippen LogP contribution >= 0.6 is 0 Å². The highest BCUT2D eigenvalue weighted by Gasteiger charge is 2.07. The third kappa shape index (κ3) is 1.16. The molecule has 0 amide bonds. The quantitative estimate of drug-likeness (QED) is 0.654. The summed E-state index contributed by atoms with van der Waals surface area (Å²) < 4.78 is 9.79. The van der Waals surface area contributed by atoms with Crippen molar-refractivity contribution in [3.8, 4) is 5.75 Å². The van der Waals surface area contributed by atoms with Crippen molar-refractivity contribution in [3.05, 3.63) is 24.0 Å². The third-order valence-corrected chi connectivity index (χ3v) is 1.82. The van der Waals surface area contributed by atoms with Crippen LogP contribution in [-0.2, 0) is 0 Å². The van der Waals surface area contributed by atoms with Gasteiger partial charge in [-0.05, 0) is 12.1 Å². The van der Waals surface area contributed by atoms with Crippen LogP contribution in [0.5, 0.6) is 5.75 Å². The van der Waals surface area contributed by atoms with Gasteiger partial charge in [-0.2, -0.15) is 0 Å². The second kappa shape index (κ2) is 2.90. The Bertz CT molecular complexity index is 447. The summed E-state index contributed by atoms with van der Waals surface area (Å²) in [5.41, 5.74) is 0.626. The largest absolute Gasteiger partial charge is 0.497 e. The zero-order chi connectivity index (χ0) is 9.26. The van der Waals surface area contributed by atoms with Crippen molar-refractivity contribution in [2.45, 2.75) is 0 Å². The molecule has 0 unspecified atom stereocenters. The number of carbonyl (C=O) groups is 1. The number of hydrogen-bond acceptors (Lipinski definition) is 4. The van der Waals surface area contributed by atoms with E-state index < -0.39 is 0 Å². The van der Waals surface area contributed by atoms with Crippen LogP contribution in [0, 0.1) is 0 Å². The van der Waals surface area contributed by atoms with E-state index in [9.17, 15) is 4.79 Å². The van der Waals surface area contributed by atoms with Crippen LogP contribution in [0.4, 0.5) is 0 Å². The molecule has 0 saturated heterocycles. The van der Waals surface area contributed by atoms with Crippen LogP contribution in [0.1, 0.15) is 10.6 Å². The summed E-state index contributed by atoms with van der Waals surface area (Å²) in [6.45, 7) is 0. The molecular weight excluding hydrogens is 170 g/mol. The Morgan fingerprint density at radius 1 is 1.54 bits per heavy atom. The van der Waals surface area contributed by atoms with Crippen molar-refractivity contribution >= 4 is 17.2 Å². The lowest BCUT2D eigenvalue weighted by molar-refractivity contribution is 0.109. The number of hydrogen-bond donors (Lipinski definition) is 0. The maximum Gasteiger partial charge on any atom is 0.207 e. The van der Waals surface area contributed by atoms with Crippen LogP contribution < -0.4 is 4.74 Å². The van der Waals surface area contributed by atoms with Gasteiger partial charge in [0.1, 0.15) is 11.3 Å². The highest BCUT2D eigenvalue weighted by Crippen LogP contribution is 2.21. The molecule has 2 aromatic rings. The van der Waals surface area contributed by atoms with Crippen LogP contribution in [-0.4, -0.2) is 18.6 Å². The van der Waals surface area contributed by atoms with Crippen molar-refractivity contribution in [2.24, 2.45) is 0 Å². The Balaban J connectivity index is 2.67. The lowest BCUT2D eigenvalue weighted by atomic mass is 10.2. The van der Waals surface area contributed by atoms with Crippen LogP contribution in [0.2, 0.25) is 0 Å². The maximum absolute atomic E-state index is 10.5. The van der Waals surface area contributed by atoms with E-state index in [0.29, 0.717) is 22.9 Å². The topological polar surface area (TPSA) is 52.3 Å². The van der Waals surface area contributed by atoms with Gasteiger partial charge in [-0.15, -0.1) is 0 Å². The number of rotatable bonds is 2. The van der Waals surface area contributed by atoms with E-state index in [-0.39, 0.29) is 5.76 Å². The molecule has 0 aliphatic carbocycles. The summed E-state index contributed by atoms with van der Waals surface area (Å²) in [6.07, 6.45) is 0.641. The Hall–Kier alpha value is -1.84. The average molecular weight is 177 g/mol. The minimum atomic E-state index is 0.248. The average Bonchev–Trinajstić information content (AvgIpc) is 2.59. The Kier molecular flexibility index (Phi) is 1.73. The van der Waals surface area contributed by atoms with Crippen LogP contribution in [0.15, 0.2) is 22.7 Å². The van der Waals surface area contributed by atoms with Gasteiger partial charge in [0, 0.05) is 6.07 Å². The minimum Gasteiger partial charge on any atom is -0.497 e. The van der Waals surface area contributed by atoms with Gasteiger partial charge in [0.2, 0.25) is 5.76 Å². The molecule has 2 rings (SSSR count). The molecule has 0 saturated carbocycles. The molecule has 0 aliphatic heterocycles. The number of fused-ring (bicyclic) bond motifs is 1. The van der Waals surface area contributed by atoms with E-state index in [1.165, 1.54) is 0 Å². The summed E-state index contributed by atoms with van der Waals surface area (Å²) in [6, 6.07) is 5.22. The predicted molar refractivity (Wildman–Crippen MR) is 45.9 cm³/mol. The zero-order valence-corrected chi connectivity index (χ0v) is 6.98. The molecule has 1 aromatic carbocycles. The Labute approximate surface area is 74.1 Å². The first-order valence-electron chi connectivity index (χ1n) is 3.74. The van der Waals surface area contributed by atoms with Gasteiger partial charge in [0.05, 0.1) is 12.5 Å². The summed E-state index contributed by atoms with van der Waals surface area (Å²) >= 11 is 0. The molecule has 0 spiro atoms. The summed E-state index contributed by atoms with van der Waals surface area (Å²) in [4.78, 5) is 10.5. The highest BCUT2D eigenvalue weighted by molar-refractivity contribution is 5.94. The monoisotopic (exact) mass is 177 g/mol. The van der Waals surface area contributed by atoms with E-state index in [1.54, 1.807) is 25.3 Å². The fourth-order valence-electron chi connectivity index (χ4n) is 1.15. The molecule has 0 fully saturated rings. The number of benzene rings is 1. The first-order chi connectivity index (χ1) is 6.35. The Morgan fingerprint density at radius 2 is 2.38 bits per heavy atom. The molecule has 1 heterocycles. The molecule has 4 heteroatoms. The molecule has 4 nitrogen and oxygen atoms in total. The first-order valence-corrected chi connectivity index (χ1v) is 3.74. The number of aromatic nitrogens is 1. The molecule has 0 N–H and O–H groups in total. The molecule has 0 aliphatic rings. The van der Waals surface area contributed by atoms with Crippen molar-refractivity contribution in [1.82, 2.24) is 5.16 Å². The van der Waals surface area contributed by atoms with Gasteiger partial charge in [-0.1, -0.05) is 5.16 Å². The lowest BCUT2D eigenvalue weighted by Gasteiger charge is -1.96. The number of aldehydes is 1. The first kappa shape index (κ1) is 7.79. The van der Waals surface area contributed by atoms with Gasteiger partial charge in [0.25, 0.3) is 0 Å². The van der Waals surface area contributed by atoms with E-state index in [0.717, 1.165) is 0 Å². The van der Waals surface area contributed by atoms with Crippen molar-refractivity contribution in [1.29, 1.82) is 0 Å². The second-order valence-electron chi connectivity index (χ2n) is 2.55. The minimum absolute atomic E-state index is 0.248. The summed E-state index contributed by atoms with van der Waals surface area (Å²) in [5.74, 6) is 0.941. The van der Waals surface area contributed by atoms with Crippen molar-refractivity contribution < 1.29 is 14.1 Å². The number of nitrogens with zero attached hydrogens (tertiary/aromatic N) is 1. The van der Waals surface area contributed by atoms with Gasteiger partial charge < -0.3 is 9.26 Å². The van der Waals surface area contributed by atoms with E-state index >= 15 is 0 Å². The highest BCUT2D eigenvalue weighted by atomic mass is 16.5. The molecule has 0 atom stereocenters. The van der Waals surface area contributed by atoms with E-state index in [2.05, 4.69) is 5.16 Å². The van der Waals surface area contributed by atoms with Crippen LogP contribution in [0.3, 0.4) is 0 Å². The van der Waals surface area contributed by atoms with Gasteiger partial charge in [0.15, 0.2) is 6.29 Å². The number of ether oxygens (including phenoxy) is 1. The summed E-state index contributed by atoms with van der Waals surface area (Å²) in [5, 5.41) is 4.42. The molecule has 13 heavy (non-hydrogen) atoms. The van der Waals surface area contributed by atoms with Crippen LogP contribution in [0.25, 0.3) is 10.9 Å². The van der Waals surface area contributed by atoms with Gasteiger partial charge in [-0.25, -0.2) is 0 Å². The van der Waals surface area contributed by atoms with Gasteiger partial charge in [-0.3, -0.25) is 4.79 Å². The molecule has 1 aromatic heterocycles. The number of methoxy groups -OCH3 is 1. The SMILES string of the molecule is COc1ccc2c(C=O)onc2c1. The van der Waals surface area contributed by atoms with Gasteiger partial charge >= 0.3 is 0 Å². The number of carbonyl (C=O) groups excluding carboxylic acids is 1. The third-order valence-electron chi connectivity index (χ3n) is 1.82. The second-order valence-corrected chi connectivity index (χ2v) is 2.55. The fourth-order valence-corrected chi connectivity index (χ4v) is 1.15. The van der Waals surface area contributed by atoms with Crippen molar-refractivity contribution in [3.63, 3.8) is 0 Å². The summed E-state index contributed by atoms with van der Waals surface area (Å²) in [7, 11) is 1.57. The standard InChI is InChI=1S/C9H7NO3/c1-12-6-2-3-7-8(4-6)10-13-9(7)5-11/h2-5H,1H3. The smallest absolute Gasteiger partial charge is 0.207 e. The van der Waals surface area contributed by atoms with E-state index in [4.69, 9.17) is 9.26 Å². The Morgan fingerprint density at radius 3 is 3.08 bits per heavy atom. The molecule has 0 bridgehead atoms. The maximum atomic E-state index is 10.5. The predicted octanol–water partition coefficient (Wildman–Crippen LogP) is 1.65. The molecule has 66 valence electrons. The zero-order valence-electron chi connectivity index (χ0n) is 6.98. The molecular formula is C9H7NO3.